The van der Waals surface area contributed by atoms with Crippen LogP contribution >= 0.6 is 22.6 Å². The van der Waals surface area contributed by atoms with Gasteiger partial charge in [0.25, 0.3) is 5.91 Å². The minimum Gasteiger partial charge on any atom is -0.453 e. The van der Waals surface area contributed by atoms with Gasteiger partial charge in [-0.1, -0.05) is 12.1 Å². The minimum atomic E-state index is -0.574. The van der Waals surface area contributed by atoms with Gasteiger partial charge in [0.2, 0.25) is 5.91 Å². The van der Waals surface area contributed by atoms with Gasteiger partial charge in [-0.15, -0.1) is 0 Å². The molecule has 0 aliphatic carbocycles. The summed E-state index contributed by atoms with van der Waals surface area (Å²) >= 11 is 2.06. The van der Waals surface area contributed by atoms with E-state index in [0.717, 1.165) is 3.57 Å². The highest BCUT2D eigenvalue weighted by atomic mass is 127. The van der Waals surface area contributed by atoms with E-state index in [1.165, 1.54) is 7.11 Å². The van der Waals surface area contributed by atoms with Crippen LogP contribution in [-0.4, -0.2) is 31.6 Å². The first-order valence-electron chi connectivity index (χ1n) is 7.27. The number of hydrogen-bond donors (Lipinski definition) is 3. The Morgan fingerprint density at radius 2 is 1.56 bits per heavy atom. The normalized spacial score (nSPS) is 9.84. The first kappa shape index (κ1) is 18.7. The van der Waals surface area contributed by atoms with E-state index in [0.29, 0.717) is 16.9 Å². The molecule has 0 aliphatic heterocycles. The molecule has 0 saturated heterocycles. The second-order valence-electron chi connectivity index (χ2n) is 4.90. The Hall–Kier alpha value is -2.62. The molecule has 7 nitrogen and oxygen atoms in total. The summed E-state index contributed by atoms with van der Waals surface area (Å²) in [6.45, 7) is -0.147. The highest BCUT2D eigenvalue weighted by molar-refractivity contribution is 14.1. The maximum Gasteiger partial charge on any atom is 0.411 e. The number of benzene rings is 2. The van der Waals surface area contributed by atoms with Gasteiger partial charge in [0.05, 0.1) is 19.2 Å². The van der Waals surface area contributed by atoms with Crippen LogP contribution in [0.15, 0.2) is 48.5 Å². The van der Waals surface area contributed by atoms with Crippen LogP contribution in [0.25, 0.3) is 0 Å². The van der Waals surface area contributed by atoms with Crippen molar-refractivity contribution in [1.29, 1.82) is 0 Å². The van der Waals surface area contributed by atoms with Crippen LogP contribution in [0, 0.1) is 3.57 Å². The van der Waals surface area contributed by atoms with Crippen molar-refractivity contribution in [3.8, 4) is 0 Å². The van der Waals surface area contributed by atoms with E-state index in [4.69, 9.17) is 0 Å². The molecular formula is C17H16IN3O4. The van der Waals surface area contributed by atoms with Crippen molar-refractivity contribution >= 4 is 51.9 Å². The number of ether oxygens (including phenoxy) is 1. The summed E-state index contributed by atoms with van der Waals surface area (Å²) in [4.78, 5) is 35.1. The summed E-state index contributed by atoms with van der Waals surface area (Å²) in [5.41, 5.74) is 1.61. The van der Waals surface area contributed by atoms with E-state index in [2.05, 4.69) is 43.3 Å². The lowest BCUT2D eigenvalue weighted by atomic mass is 10.2. The molecule has 0 spiro atoms. The number of nitrogens with one attached hydrogen (secondary N) is 3. The van der Waals surface area contributed by atoms with Crippen molar-refractivity contribution in [3.05, 3.63) is 57.7 Å². The number of amides is 3. The van der Waals surface area contributed by atoms with Gasteiger partial charge in [0, 0.05) is 14.9 Å². The zero-order chi connectivity index (χ0) is 18.2. The van der Waals surface area contributed by atoms with Gasteiger partial charge < -0.3 is 15.4 Å². The smallest absolute Gasteiger partial charge is 0.411 e. The Balaban J connectivity index is 1.85. The Bertz CT molecular complexity index is 778. The Morgan fingerprint density at radius 1 is 0.960 bits per heavy atom. The van der Waals surface area contributed by atoms with Crippen LogP contribution in [0.1, 0.15) is 10.4 Å². The molecule has 0 fully saturated rings. The molecule has 3 N–H and O–H groups in total. The number of rotatable bonds is 5. The average molecular weight is 453 g/mol. The van der Waals surface area contributed by atoms with Crippen molar-refractivity contribution in [2.24, 2.45) is 0 Å². The molecule has 8 heteroatoms. The third-order valence-corrected chi connectivity index (χ3v) is 4.07. The number of hydrogen-bond acceptors (Lipinski definition) is 4. The number of methoxy groups -OCH3 is 1. The van der Waals surface area contributed by atoms with E-state index in [9.17, 15) is 14.4 Å². The van der Waals surface area contributed by atoms with Gasteiger partial charge in [-0.3, -0.25) is 14.9 Å². The molecule has 0 saturated carbocycles. The third-order valence-electron chi connectivity index (χ3n) is 3.13. The van der Waals surface area contributed by atoms with Crippen LogP contribution in [0.3, 0.4) is 0 Å². The lowest BCUT2D eigenvalue weighted by Gasteiger charge is -2.09. The summed E-state index contributed by atoms with van der Waals surface area (Å²) in [5, 5.41) is 7.74. The molecule has 0 atom stereocenters. The molecule has 0 aliphatic rings. The van der Waals surface area contributed by atoms with Crippen molar-refractivity contribution in [1.82, 2.24) is 5.32 Å². The van der Waals surface area contributed by atoms with Crippen molar-refractivity contribution in [2.45, 2.75) is 0 Å². The second-order valence-corrected chi connectivity index (χ2v) is 6.07. The van der Waals surface area contributed by atoms with Gasteiger partial charge in [-0.25, -0.2) is 4.79 Å². The van der Waals surface area contributed by atoms with Gasteiger partial charge in [-0.2, -0.15) is 0 Å². The van der Waals surface area contributed by atoms with Crippen LogP contribution < -0.4 is 16.0 Å². The van der Waals surface area contributed by atoms with Crippen LogP contribution in [0.4, 0.5) is 16.2 Å². The zero-order valence-corrected chi connectivity index (χ0v) is 15.5. The van der Waals surface area contributed by atoms with Crippen LogP contribution in [-0.2, 0) is 9.53 Å². The minimum absolute atomic E-state index is 0.147. The molecule has 25 heavy (non-hydrogen) atoms. The largest absolute Gasteiger partial charge is 0.453 e. The average Bonchev–Trinajstić information content (AvgIpc) is 2.61. The van der Waals surface area contributed by atoms with Crippen LogP contribution in [0.2, 0.25) is 0 Å². The van der Waals surface area contributed by atoms with Crippen molar-refractivity contribution in [2.75, 3.05) is 24.3 Å². The number of carbonyl (C=O) groups is 3. The fraction of sp³-hybridized carbons (Fsp3) is 0.118. The number of halogens is 1. The SMILES string of the molecule is COC(=O)Nc1ccc(NC(=O)CNC(=O)c2ccccc2I)cc1. The molecule has 3 amide bonds. The first-order chi connectivity index (χ1) is 12.0. The number of anilines is 2. The Kier molecular flexibility index (Phi) is 6.75. The molecule has 0 aromatic heterocycles. The standard InChI is InChI=1S/C17H16IN3O4/c1-25-17(24)21-12-8-6-11(7-9-12)20-15(22)10-19-16(23)13-4-2-3-5-14(13)18/h2-9H,10H2,1H3,(H,19,23)(H,20,22)(H,21,24). The predicted molar refractivity (Wildman–Crippen MR) is 103 cm³/mol. The molecule has 2 rings (SSSR count). The fourth-order valence-electron chi connectivity index (χ4n) is 1.91. The molecule has 130 valence electrons. The topological polar surface area (TPSA) is 96.5 Å². The molecule has 2 aromatic rings. The third kappa shape index (κ3) is 5.75. The summed E-state index contributed by atoms with van der Waals surface area (Å²) in [6.07, 6.45) is -0.574. The molecule has 0 heterocycles. The first-order valence-corrected chi connectivity index (χ1v) is 8.35. The molecule has 0 unspecified atom stereocenters. The Morgan fingerprint density at radius 3 is 2.16 bits per heavy atom. The lowest BCUT2D eigenvalue weighted by molar-refractivity contribution is -0.115. The fourth-order valence-corrected chi connectivity index (χ4v) is 2.54. The van der Waals surface area contributed by atoms with E-state index < -0.39 is 6.09 Å². The second kappa shape index (κ2) is 9.02. The Labute approximate surface area is 158 Å². The van der Waals surface area contributed by atoms with Gasteiger partial charge >= 0.3 is 6.09 Å². The summed E-state index contributed by atoms with van der Waals surface area (Å²) < 4.78 is 5.30. The van der Waals surface area contributed by atoms with Crippen molar-refractivity contribution < 1.29 is 19.1 Å². The molecular weight excluding hydrogens is 437 g/mol. The summed E-state index contributed by atoms with van der Waals surface area (Å²) in [7, 11) is 1.27. The highest BCUT2D eigenvalue weighted by Gasteiger charge is 2.11. The van der Waals surface area contributed by atoms with E-state index >= 15 is 0 Å². The monoisotopic (exact) mass is 453 g/mol. The van der Waals surface area contributed by atoms with Gasteiger partial charge in [0.1, 0.15) is 0 Å². The molecule has 0 bridgehead atoms. The summed E-state index contributed by atoms with van der Waals surface area (Å²) in [5.74, 6) is -0.661. The van der Waals surface area contributed by atoms with E-state index in [1.807, 2.05) is 12.1 Å². The van der Waals surface area contributed by atoms with Crippen molar-refractivity contribution in [3.63, 3.8) is 0 Å². The lowest BCUT2D eigenvalue weighted by Crippen LogP contribution is -2.33. The van der Waals surface area contributed by atoms with Gasteiger partial charge in [0.15, 0.2) is 0 Å². The number of carbonyl (C=O) groups excluding carboxylic acids is 3. The predicted octanol–water partition coefficient (Wildman–Crippen LogP) is 2.84. The van der Waals surface area contributed by atoms with E-state index in [1.54, 1.807) is 36.4 Å². The molecule has 0 radical (unpaired) electrons. The highest BCUT2D eigenvalue weighted by Crippen LogP contribution is 2.14. The van der Waals surface area contributed by atoms with E-state index in [-0.39, 0.29) is 18.4 Å². The molecule has 2 aromatic carbocycles. The zero-order valence-electron chi connectivity index (χ0n) is 13.3. The maximum atomic E-state index is 12.1. The summed E-state index contributed by atoms with van der Waals surface area (Å²) in [6, 6.07) is 13.6. The quantitative estimate of drug-likeness (QED) is 0.607. The maximum absolute atomic E-state index is 12.1. The van der Waals surface area contributed by atoms with Crippen LogP contribution in [0.5, 0.6) is 0 Å². The van der Waals surface area contributed by atoms with Gasteiger partial charge in [-0.05, 0) is 59.0 Å².